The molecule has 0 saturated carbocycles. The predicted octanol–water partition coefficient (Wildman–Crippen LogP) is 6.49. The van der Waals surface area contributed by atoms with Crippen LogP contribution in [0, 0.1) is 0 Å². The van der Waals surface area contributed by atoms with Gasteiger partial charge in [-0.25, -0.2) is 8.42 Å². The molecule has 4 rings (SSSR count). The summed E-state index contributed by atoms with van der Waals surface area (Å²) in [7, 11) is -3.49. The van der Waals surface area contributed by atoms with E-state index >= 15 is 0 Å². The Morgan fingerprint density at radius 3 is 2.39 bits per heavy atom. The summed E-state index contributed by atoms with van der Waals surface area (Å²) in [5.41, 5.74) is -0.869. The Morgan fingerprint density at radius 2 is 1.75 bits per heavy atom. The van der Waals surface area contributed by atoms with Gasteiger partial charge in [0.25, 0.3) is 5.56 Å². The highest BCUT2D eigenvalue weighted by atomic mass is 35.5. The number of pyridine rings is 1. The summed E-state index contributed by atoms with van der Waals surface area (Å²) in [5, 5.41) is 10.8. The number of halogens is 4. The van der Waals surface area contributed by atoms with Gasteiger partial charge >= 0.3 is 6.18 Å². The quantitative estimate of drug-likeness (QED) is 0.253. The molecule has 0 unspecified atom stereocenters. The fourth-order valence-electron chi connectivity index (χ4n) is 3.49. The molecule has 12 heteroatoms. The van der Waals surface area contributed by atoms with Crippen molar-refractivity contribution in [3.05, 3.63) is 81.6 Å². The molecule has 0 bridgehead atoms. The molecule has 188 valence electrons. The van der Waals surface area contributed by atoms with Crippen LogP contribution in [0.5, 0.6) is 5.75 Å². The van der Waals surface area contributed by atoms with Gasteiger partial charge in [0.05, 0.1) is 16.2 Å². The van der Waals surface area contributed by atoms with Crippen molar-refractivity contribution >= 4 is 50.0 Å². The van der Waals surface area contributed by atoms with Crippen molar-refractivity contribution in [1.82, 2.24) is 4.98 Å². The van der Waals surface area contributed by atoms with Gasteiger partial charge in [-0.2, -0.15) is 13.2 Å². The lowest BCUT2D eigenvalue weighted by Gasteiger charge is -2.16. The number of anilines is 1. The summed E-state index contributed by atoms with van der Waals surface area (Å²) in [6, 6.07) is 13.2. The Labute approximate surface area is 213 Å². The van der Waals surface area contributed by atoms with Crippen molar-refractivity contribution < 1.29 is 26.7 Å². The number of rotatable bonds is 6. The van der Waals surface area contributed by atoms with Crippen LogP contribution in [0.3, 0.4) is 0 Å². The maximum absolute atomic E-state index is 13.5. The number of sulfonamides is 1. The van der Waals surface area contributed by atoms with Gasteiger partial charge in [-0.3, -0.25) is 9.52 Å². The van der Waals surface area contributed by atoms with Crippen LogP contribution >= 0.6 is 23.4 Å². The summed E-state index contributed by atoms with van der Waals surface area (Å²) < 4.78 is 66.5. The Balaban J connectivity index is 1.91. The summed E-state index contributed by atoms with van der Waals surface area (Å²) in [6.45, 7) is 1.50. The lowest BCUT2D eigenvalue weighted by molar-refractivity contribution is -0.137. The smallest absolute Gasteiger partial charge is 0.416 e. The van der Waals surface area contributed by atoms with Gasteiger partial charge in [-0.15, -0.1) is 0 Å². The van der Waals surface area contributed by atoms with E-state index in [-0.39, 0.29) is 43.5 Å². The van der Waals surface area contributed by atoms with Gasteiger partial charge in [0.15, 0.2) is 0 Å². The maximum atomic E-state index is 13.5. The molecule has 0 fully saturated rings. The molecule has 1 heterocycles. The fourth-order valence-corrected chi connectivity index (χ4v) is 5.27. The Morgan fingerprint density at radius 1 is 1.06 bits per heavy atom. The Kier molecular flexibility index (Phi) is 7.00. The minimum absolute atomic E-state index is 0.0290. The van der Waals surface area contributed by atoms with Crippen LogP contribution in [0.2, 0.25) is 5.02 Å². The zero-order valence-electron chi connectivity index (χ0n) is 18.5. The molecule has 0 aliphatic carbocycles. The van der Waals surface area contributed by atoms with Gasteiger partial charge in [0.1, 0.15) is 5.75 Å². The van der Waals surface area contributed by atoms with Crippen molar-refractivity contribution in [1.29, 1.82) is 0 Å². The second-order valence-corrected chi connectivity index (χ2v) is 11.2. The van der Waals surface area contributed by atoms with Crippen molar-refractivity contribution in [2.45, 2.75) is 22.9 Å². The highest BCUT2D eigenvalue weighted by Crippen LogP contribution is 2.43. The van der Waals surface area contributed by atoms with E-state index in [1.165, 1.54) is 37.3 Å². The normalized spacial score (nSPS) is 12.1. The van der Waals surface area contributed by atoms with E-state index in [0.717, 1.165) is 30.0 Å². The SMILES string of the molecule is CCS(=O)(=O)Nc1ccc(Sc2c(-c3cc(Cl)ccc3O)c3cc(C(F)(F)F)ccc3[nH]c2=O)cc1. The minimum atomic E-state index is -4.63. The third kappa shape index (κ3) is 5.48. The van der Waals surface area contributed by atoms with Crippen LogP contribution < -0.4 is 10.3 Å². The molecular formula is C24H18ClF3N2O4S2. The molecule has 0 spiro atoms. The molecule has 0 radical (unpaired) electrons. The topological polar surface area (TPSA) is 99.3 Å². The van der Waals surface area contributed by atoms with Gasteiger partial charge in [-0.1, -0.05) is 23.4 Å². The molecule has 3 aromatic carbocycles. The number of fused-ring (bicyclic) bond motifs is 1. The lowest BCUT2D eigenvalue weighted by atomic mass is 9.98. The van der Waals surface area contributed by atoms with Crippen LogP contribution in [0.1, 0.15) is 12.5 Å². The first-order valence-corrected chi connectivity index (χ1v) is 13.3. The molecule has 0 aliphatic heterocycles. The number of hydrogen-bond donors (Lipinski definition) is 3. The zero-order chi connectivity index (χ0) is 26.3. The predicted molar refractivity (Wildman–Crippen MR) is 135 cm³/mol. The Bertz CT molecular complexity index is 1620. The van der Waals surface area contributed by atoms with E-state index in [0.29, 0.717) is 10.6 Å². The largest absolute Gasteiger partial charge is 0.507 e. The third-order valence-electron chi connectivity index (χ3n) is 5.25. The van der Waals surface area contributed by atoms with E-state index in [1.807, 2.05) is 0 Å². The number of H-pyrrole nitrogens is 1. The molecule has 3 N–H and O–H groups in total. The van der Waals surface area contributed by atoms with Gasteiger partial charge in [0, 0.05) is 37.6 Å². The fraction of sp³-hybridized carbons (Fsp3) is 0.125. The van der Waals surface area contributed by atoms with E-state index < -0.39 is 27.3 Å². The van der Waals surface area contributed by atoms with Gasteiger partial charge in [-0.05, 0) is 67.6 Å². The highest BCUT2D eigenvalue weighted by Gasteiger charge is 2.31. The molecule has 4 aromatic rings. The summed E-state index contributed by atoms with van der Waals surface area (Å²) in [6.07, 6.45) is -4.63. The summed E-state index contributed by atoms with van der Waals surface area (Å²) in [5.74, 6) is -0.377. The monoisotopic (exact) mass is 554 g/mol. The minimum Gasteiger partial charge on any atom is -0.507 e. The number of nitrogens with one attached hydrogen (secondary N) is 2. The zero-order valence-corrected chi connectivity index (χ0v) is 20.9. The Hall–Kier alpha value is -3.15. The van der Waals surface area contributed by atoms with Crippen molar-refractivity contribution in [2.75, 3.05) is 10.5 Å². The number of benzene rings is 3. The van der Waals surface area contributed by atoms with E-state index in [9.17, 15) is 31.5 Å². The third-order valence-corrected chi connectivity index (χ3v) is 7.90. The second kappa shape index (κ2) is 9.72. The van der Waals surface area contributed by atoms with Gasteiger partial charge < -0.3 is 10.1 Å². The number of aromatic hydroxyl groups is 1. The summed E-state index contributed by atoms with van der Waals surface area (Å²) >= 11 is 7.07. The first-order chi connectivity index (χ1) is 16.9. The van der Waals surface area contributed by atoms with Gasteiger partial charge in [0.2, 0.25) is 10.0 Å². The lowest BCUT2D eigenvalue weighted by Crippen LogP contribution is -2.14. The molecule has 0 saturated heterocycles. The number of phenolic OH excluding ortho intramolecular Hbond substituents is 1. The number of phenols is 1. The second-order valence-electron chi connectivity index (χ2n) is 7.71. The van der Waals surface area contributed by atoms with E-state index in [1.54, 1.807) is 12.1 Å². The first-order valence-electron chi connectivity index (χ1n) is 10.4. The molecule has 36 heavy (non-hydrogen) atoms. The highest BCUT2D eigenvalue weighted by molar-refractivity contribution is 7.99. The van der Waals surface area contributed by atoms with Crippen molar-refractivity contribution in [2.24, 2.45) is 0 Å². The average molecular weight is 555 g/mol. The standard InChI is InChI=1S/C24H18ClF3N2O4S2/c1-2-36(33,34)30-15-5-7-16(8-6-15)35-22-21(18-12-14(25)4-10-20(18)31)17-11-13(24(26,27)28)3-9-19(17)29-23(22)32/h3-12,30-31H,2H2,1H3,(H,29,32). The molecule has 0 amide bonds. The molecule has 1 aromatic heterocycles. The number of aromatic nitrogens is 1. The molecule has 6 nitrogen and oxygen atoms in total. The number of aromatic amines is 1. The molecule has 0 atom stereocenters. The average Bonchev–Trinajstić information content (AvgIpc) is 2.81. The van der Waals surface area contributed by atoms with Crippen molar-refractivity contribution in [3.63, 3.8) is 0 Å². The maximum Gasteiger partial charge on any atom is 0.416 e. The van der Waals surface area contributed by atoms with Crippen LogP contribution in [-0.4, -0.2) is 24.3 Å². The first kappa shape index (κ1) is 25.9. The summed E-state index contributed by atoms with van der Waals surface area (Å²) in [4.78, 5) is 16.2. The van der Waals surface area contributed by atoms with E-state index in [2.05, 4.69) is 9.71 Å². The van der Waals surface area contributed by atoms with Crippen LogP contribution in [0.15, 0.2) is 75.2 Å². The number of alkyl halides is 3. The van der Waals surface area contributed by atoms with Crippen LogP contribution in [-0.2, 0) is 16.2 Å². The van der Waals surface area contributed by atoms with Crippen LogP contribution in [0.4, 0.5) is 18.9 Å². The van der Waals surface area contributed by atoms with Crippen molar-refractivity contribution in [3.8, 4) is 16.9 Å². The van der Waals surface area contributed by atoms with Crippen LogP contribution in [0.25, 0.3) is 22.0 Å². The van der Waals surface area contributed by atoms with E-state index in [4.69, 9.17) is 11.6 Å². The molecule has 0 aliphatic rings. The number of hydrogen-bond acceptors (Lipinski definition) is 5. The molecular weight excluding hydrogens is 537 g/mol.